The number of fused-ring (bicyclic) bond motifs is 1. The second-order valence-corrected chi connectivity index (χ2v) is 4.86. The highest BCUT2D eigenvalue weighted by molar-refractivity contribution is 7.71. The van der Waals surface area contributed by atoms with Gasteiger partial charge >= 0.3 is 0 Å². The first kappa shape index (κ1) is 11.4. The van der Waals surface area contributed by atoms with Crippen molar-refractivity contribution in [2.75, 3.05) is 0 Å². The molecule has 2 aromatic heterocycles. The maximum Gasteiger partial charge on any atom is 0.178 e. The summed E-state index contributed by atoms with van der Waals surface area (Å²) in [6, 6.07) is 5.65. The van der Waals surface area contributed by atoms with Crippen molar-refractivity contribution in [3.05, 3.63) is 40.1 Å². The molecule has 0 fully saturated rings. The summed E-state index contributed by atoms with van der Waals surface area (Å²) >= 11 is 11.3. The number of hydrogen-bond acceptors (Lipinski definition) is 3. The molecular weight excluding hydrogens is 270 g/mol. The zero-order chi connectivity index (χ0) is 12.7. The van der Waals surface area contributed by atoms with Gasteiger partial charge in [-0.15, -0.1) is 10.2 Å². The monoisotopic (exact) mass is 279 g/mol. The van der Waals surface area contributed by atoms with Crippen LogP contribution < -0.4 is 0 Å². The summed E-state index contributed by atoms with van der Waals surface area (Å²) < 4.78 is 4.50. The van der Waals surface area contributed by atoms with Crippen LogP contribution in [0.3, 0.4) is 0 Å². The second kappa shape index (κ2) is 4.22. The Morgan fingerprint density at radius 1 is 1.44 bits per heavy atom. The van der Waals surface area contributed by atoms with Gasteiger partial charge in [-0.2, -0.15) is 0 Å². The fraction of sp³-hybridized carbons (Fsp3) is 0.182. The van der Waals surface area contributed by atoms with Crippen molar-refractivity contribution < 1.29 is 0 Å². The van der Waals surface area contributed by atoms with E-state index in [-0.39, 0.29) is 0 Å². The van der Waals surface area contributed by atoms with Crippen molar-refractivity contribution in [1.82, 2.24) is 24.3 Å². The largest absolute Gasteiger partial charge is 0.331 e. The van der Waals surface area contributed by atoms with Crippen molar-refractivity contribution >= 4 is 34.9 Å². The normalized spacial score (nSPS) is 11.2. The van der Waals surface area contributed by atoms with Crippen LogP contribution >= 0.6 is 23.8 Å². The first-order valence-electron chi connectivity index (χ1n) is 5.36. The fourth-order valence-corrected chi connectivity index (χ4v) is 2.33. The van der Waals surface area contributed by atoms with Crippen molar-refractivity contribution in [2.24, 2.45) is 7.05 Å². The number of aromatic amines is 1. The van der Waals surface area contributed by atoms with Crippen LogP contribution in [0.15, 0.2) is 24.5 Å². The van der Waals surface area contributed by atoms with Crippen LogP contribution in [0, 0.1) is 4.77 Å². The number of hydrogen-bond donors (Lipinski definition) is 1. The summed E-state index contributed by atoms with van der Waals surface area (Å²) in [5.41, 5.74) is 1.93. The van der Waals surface area contributed by atoms with Gasteiger partial charge in [-0.25, -0.2) is 0 Å². The lowest BCUT2D eigenvalue weighted by Gasteiger charge is -2.03. The van der Waals surface area contributed by atoms with E-state index in [1.165, 1.54) is 0 Å². The molecule has 92 valence electrons. The lowest BCUT2D eigenvalue weighted by molar-refractivity contribution is 0.705. The minimum Gasteiger partial charge on any atom is -0.331 e. The molecule has 1 aromatic carbocycles. The molecule has 5 nitrogen and oxygen atoms in total. The Morgan fingerprint density at radius 3 is 3.00 bits per heavy atom. The van der Waals surface area contributed by atoms with Crippen molar-refractivity contribution in [1.29, 1.82) is 0 Å². The molecule has 3 rings (SSSR count). The highest BCUT2D eigenvalue weighted by Crippen LogP contribution is 2.19. The average molecular weight is 280 g/mol. The van der Waals surface area contributed by atoms with Gasteiger partial charge in [0.2, 0.25) is 0 Å². The van der Waals surface area contributed by atoms with Gasteiger partial charge in [0.25, 0.3) is 0 Å². The summed E-state index contributed by atoms with van der Waals surface area (Å²) in [4.78, 5) is 3.14. The Kier molecular flexibility index (Phi) is 2.68. The van der Waals surface area contributed by atoms with E-state index >= 15 is 0 Å². The molecule has 0 saturated carbocycles. The molecule has 0 unspecified atom stereocenters. The van der Waals surface area contributed by atoms with Crippen molar-refractivity contribution in [2.45, 2.75) is 6.54 Å². The Balaban J connectivity index is 2.15. The van der Waals surface area contributed by atoms with Crippen molar-refractivity contribution in [3.63, 3.8) is 0 Å². The van der Waals surface area contributed by atoms with E-state index in [1.807, 2.05) is 34.4 Å². The minimum atomic E-state index is 0.580. The number of nitrogens with one attached hydrogen (secondary N) is 1. The molecule has 0 atom stereocenters. The van der Waals surface area contributed by atoms with Gasteiger partial charge < -0.3 is 14.1 Å². The van der Waals surface area contributed by atoms with Gasteiger partial charge in [0.1, 0.15) is 6.33 Å². The third kappa shape index (κ3) is 1.83. The van der Waals surface area contributed by atoms with Gasteiger partial charge in [-0.05, 0) is 30.4 Å². The Labute approximate surface area is 113 Å². The SMILES string of the molecule is Cn1cnnc1Cn1c(=S)[nH]c2cc(Cl)ccc21. The van der Waals surface area contributed by atoms with Crippen LogP contribution in [-0.2, 0) is 13.6 Å². The standard InChI is InChI=1S/C11H10ClN5S/c1-16-6-13-15-10(16)5-17-9-3-2-7(12)4-8(9)14-11(17)18/h2-4,6H,5H2,1H3,(H,14,18). The quantitative estimate of drug-likeness (QED) is 0.734. The molecule has 1 N–H and O–H groups in total. The predicted octanol–water partition coefficient (Wildman–Crippen LogP) is 2.53. The van der Waals surface area contributed by atoms with E-state index in [9.17, 15) is 0 Å². The lowest BCUT2D eigenvalue weighted by Crippen LogP contribution is -2.05. The van der Waals surface area contributed by atoms with E-state index in [4.69, 9.17) is 23.8 Å². The number of rotatable bonds is 2. The van der Waals surface area contributed by atoms with E-state index in [2.05, 4.69) is 15.2 Å². The highest BCUT2D eigenvalue weighted by Gasteiger charge is 2.08. The summed E-state index contributed by atoms with van der Waals surface area (Å²) in [5.74, 6) is 0.849. The molecule has 0 bridgehead atoms. The van der Waals surface area contributed by atoms with Gasteiger partial charge in [0.05, 0.1) is 17.6 Å². The first-order valence-corrected chi connectivity index (χ1v) is 6.15. The molecule has 2 heterocycles. The van der Waals surface area contributed by atoms with Gasteiger partial charge in [0, 0.05) is 12.1 Å². The molecule has 0 spiro atoms. The van der Waals surface area contributed by atoms with E-state index in [0.29, 0.717) is 16.3 Å². The van der Waals surface area contributed by atoms with Crippen molar-refractivity contribution in [3.8, 4) is 0 Å². The second-order valence-electron chi connectivity index (χ2n) is 4.04. The predicted molar refractivity (Wildman–Crippen MR) is 72.2 cm³/mol. The Bertz CT molecular complexity index is 769. The average Bonchev–Trinajstić information content (AvgIpc) is 2.85. The number of halogens is 1. The summed E-state index contributed by atoms with van der Waals surface area (Å²) in [6.45, 7) is 0.580. The molecule has 0 radical (unpaired) electrons. The van der Waals surface area contributed by atoms with Crippen LogP contribution in [-0.4, -0.2) is 24.3 Å². The van der Waals surface area contributed by atoms with E-state index in [0.717, 1.165) is 16.9 Å². The number of H-pyrrole nitrogens is 1. The fourth-order valence-electron chi connectivity index (χ4n) is 1.88. The number of nitrogens with zero attached hydrogens (tertiary/aromatic N) is 4. The number of imidazole rings is 1. The van der Waals surface area contributed by atoms with Crippen LogP contribution in [0.4, 0.5) is 0 Å². The highest BCUT2D eigenvalue weighted by atomic mass is 35.5. The molecule has 3 aromatic rings. The smallest absolute Gasteiger partial charge is 0.178 e. The Hall–Kier alpha value is -1.66. The molecule has 0 aliphatic heterocycles. The third-order valence-electron chi connectivity index (χ3n) is 2.84. The zero-order valence-electron chi connectivity index (χ0n) is 9.59. The molecule has 18 heavy (non-hydrogen) atoms. The zero-order valence-corrected chi connectivity index (χ0v) is 11.2. The summed E-state index contributed by atoms with van der Waals surface area (Å²) in [7, 11) is 1.91. The maximum atomic E-state index is 5.96. The number of aromatic nitrogens is 5. The van der Waals surface area contributed by atoms with E-state index < -0.39 is 0 Å². The van der Waals surface area contributed by atoms with Crippen LogP contribution in [0.25, 0.3) is 11.0 Å². The molecular formula is C11H10ClN5S. The maximum absolute atomic E-state index is 5.96. The molecule has 0 aliphatic carbocycles. The summed E-state index contributed by atoms with van der Waals surface area (Å²) in [5, 5.41) is 8.61. The van der Waals surface area contributed by atoms with Crippen LogP contribution in [0.5, 0.6) is 0 Å². The molecule has 0 aliphatic rings. The third-order valence-corrected chi connectivity index (χ3v) is 3.40. The minimum absolute atomic E-state index is 0.580. The van der Waals surface area contributed by atoms with Crippen LogP contribution in [0.1, 0.15) is 5.82 Å². The molecule has 0 amide bonds. The van der Waals surface area contributed by atoms with Gasteiger partial charge in [-0.1, -0.05) is 11.6 Å². The first-order chi connectivity index (χ1) is 8.65. The summed E-state index contributed by atoms with van der Waals surface area (Å²) in [6.07, 6.45) is 1.67. The van der Waals surface area contributed by atoms with E-state index in [1.54, 1.807) is 6.33 Å². The number of aryl methyl sites for hydroxylation is 1. The molecule has 7 heteroatoms. The lowest BCUT2D eigenvalue weighted by atomic mass is 10.3. The number of benzene rings is 1. The molecule has 0 saturated heterocycles. The van der Waals surface area contributed by atoms with Gasteiger partial charge in [0.15, 0.2) is 10.6 Å². The van der Waals surface area contributed by atoms with Gasteiger partial charge in [-0.3, -0.25) is 0 Å². The van der Waals surface area contributed by atoms with Crippen LogP contribution in [0.2, 0.25) is 5.02 Å². The topological polar surface area (TPSA) is 51.4 Å². The Morgan fingerprint density at radius 2 is 2.28 bits per heavy atom.